The van der Waals surface area contributed by atoms with E-state index in [-0.39, 0.29) is 6.20 Å². The molecule has 1 heterocycles. The number of pyridine rings is 1. The Balaban J connectivity index is 3.55. The van der Waals surface area contributed by atoms with Crippen molar-refractivity contribution in [2.75, 3.05) is 0 Å². The Bertz CT molecular complexity index is 420. The molecular weight excluding hydrogens is 228 g/mol. The highest BCUT2D eigenvalue weighted by molar-refractivity contribution is 5.24. The Hall–Kier alpha value is -1.47. The number of hydrogen-bond donors (Lipinski definition) is 1. The van der Waals surface area contributed by atoms with Crippen LogP contribution in [0.3, 0.4) is 0 Å². The SMILES string of the molecule is O=c1c(F)c[nH]c(C(F)(F)F)c1C(F)F. The van der Waals surface area contributed by atoms with Crippen molar-refractivity contribution >= 4 is 0 Å². The van der Waals surface area contributed by atoms with E-state index in [2.05, 4.69) is 0 Å². The van der Waals surface area contributed by atoms with Crippen LogP contribution < -0.4 is 5.43 Å². The van der Waals surface area contributed by atoms with Crippen LogP contribution in [0, 0.1) is 5.82 Å². The van der Waals surface area contributed by atoms with E-state index in [1.165, 1.54) is 4.98 Å². The summed E-state index contributed by atoms with van der Waals surface area (Å²) in [5.74, 6) is -1.68. The average molecular weight is 231 g/mol. The minimum absolute atomic E-state index is 0.0943. The van der Waals surface area contributed by atoms with E-state index in [9.17, 15) is 31.1 Å². The van der Waals surface area contributed by atoms with Gasteiger partial charge in [0.2, 0.25) is 5.43 Å². The van der Waals surface area contributed by atoms with Crippen molar-refractivity contribution in [1.29, 1.82) is 0 Å². The molecule has 0 aromatic carbocycles. The fourth-order valence-corrected chi connectivity index (χ4v) is 0.964. The fraction of sp³-hybridized carbons (Fsp3) is 0.286. The Morgan fingerprint density at radius 1 is 1.27 bits per heavy atom. The molecule has 0 atom stereocenters. The zero-order valence-electron chi connectivity index (χ0n) is 6.83. The minimum Gasteiger partial charge on any atom is -0.354 e. The summed E-state index contributed by atoms with van der Waals surface area (Å²) in [6.45, 7) is 0. The van der Waals surface area contributed by atoms with Crippen molar-refractivity contribution in [3.63, 3.8) is 0 Å². The molecule has 0 aliphatic carbocycles. The summed E-state index contributed by atoms with van der Waals surface area (Å²) in [6, 6.07) is 0. The number of halogens is 6. The highest BCUT2D eigenvalue weighted by Crippen LogP contribution is 2.32. The lowest BCUT2D eigenvalue weighted by Crippen LogP contribution is -2.23. The monoisotopic (exact) mass is 231 g/mol. The smallest absolute Gasteiger partial charge is 0.354 e. The van der Waals surface area contributed by atoms with Gasteiger partial charge in [-0.1, -0.05) is 0 Å². The highest BCUT2D eigenvalue weighted by Gasteiger charge is 2.38. The molecule has 0 aliphatic heterocycles. The average Bonchev–Trinajstić information content (AvgIpc) is 2.06. The predicted octanol–water partition coefficient (Wildman–Crippen LogP) is 2.47. The molecular formula is C7H3F6NO. The summed E-state index contributed by atoms with van der Waals surface area (Å²) >= 11 is 0. The fourth-order valence-electron chi connectivity index (χ4n) is 0.964. The van der Waals surface area contributed by atoms with Crippen molar-refractivity contribution in [3.8, 4) is 0 Å². The molecule has 0 unspecified atom stereocenters. The zero-order valence-corrected chi connectivity index (χ0v) is 6.83. The number of aromatic nitrogens is 1. The maximum absolute atomic E-state index is 12.5. The van der Waals surface area contributed by atoms with Crippen LogP contribution in [-0.4, -0.2) is 4.98 Å². The van der Waals surface area contributed by atoms with Crippen LogP contribution in [-0.2, 0) is 6.18 Å². The van der Waals surface area contributed by atoms with E-state index in [4.69, 9.17) is 0 Å². The van der Waals surface area contributed by atoms with Crippen LogP contribution in [0.15, 0.2) is 11.0 Å². The topological polar surface area (TPSA) is 32.9 Å². The molecule has 0 amide bonds. The summed E-state index contributed by atoms with van der Waals surface area (Å²) in [5, 5.41) is 0. The van der Waals surface area contributed by atoms with Crippen molar-refractivity contribution in [2.24, 2.45) is 0 Å². The number of nitrogens with one attached hydrogen (secondary N) is 1. The molecule has 0 saturated carbocycles. The van der Waals surface area contributed by atoms with Gasteiger partial charge in [-0.25, -0.2) is 13.2 Å². The minimum atomic E-state index is -5.15. The van der Waals surface area contributed by atoms with Crippen LogP contribution in [0.4, 0.5) is 26.3 Å². The number of alkyl halides is 5. The molecule has 0 fully saturated rings. The number of H-pyrrole nitrogens is 1. The van der Waals surface area contributed by atoms with Gasteiger partial charge in [-0.15, -0.1) is 0 Å². The van der Waals surface area contributed by atoms with Gasteiger partial charge in [0.05, 0.1) is 5.56 Å². The van der Waals surface area contributed by atoms with Crippen molar-refractivity contribution in [3.05, 3.63) is 33.5 Å². The normalized spacial score (nSPS) is 12.2. The van der Waals surface area contributed by atoms with Crippen molar-refractivity contribution in [1.82, 2.24) is 4.98 Å². The first-order valence-electron chi connectivity index (χ1n) is 3.51. The van der Waals surface area contributed by atoms with Crippen LogP contribution in [0.2, 0.25) is 0 Å². The number of rotatable bonds is 1. The Labute approximate surface area is 78.5 Å². The molecule has 15 heavy (non-hydrogen) atoms. The van der Waals surface area contributed by atoms with Gasteiger partial charge in [0.15, 0.2) is 5.82 Å². The van der Waals surface area contributed by atoms with E-state index < -0.39 is 35.1 Å². The van der Waals surface area contributed by atoms with E-state index in [1.54, 1.807) is 0 Å². The van der Waals surface area contributed by atoms with Gasteiger partial charge >= 0.3 is 6.18 Å². The third kappa shape index (κ3) is 2.13. The van der Waals surface area contributed by atoms with Crippen LogP contribution in [0.1, 0.15) is 17.7 Å². The van der Waals surface area contributed by atoms with Gasteiger partial charge in [-0.2, -0.15) is 13.2 Å². The molecule has 1 rings (SSSR count). The van der Waals surface area contributed by atoms with Gasteiger partial charge in [-0.3, -0.25) is 4.79 Å². The molecule has 2 nitrogen and oxygen atoms in total. The quantitative estimate of drug-likeness (QED) is 0.740. The van der Waals surface area contributed by atoms with E-state index in [0.29, 0.717) is 0 Å². The summed E-state index contributed by atoms with van der Waals surface area (Å²) in [4.78, 5) is 12.0. The summed E-state index contributed by atoms with van der Waals surface area (Å²) in [5.41, 5.74) is -5.78. The third-order valence-electron chi connectivity index (χ3n) is 1.58. The van der Waals surface area contributed by atoms with E-state index >= 15 is 0 Å². The molecule has 0 bridgehead atoms. The van der Waals surface area contributed by atoms with Crippen molar-refractivity contribution < 1.29 is 26.3 Å². The number of aromatic amines is 1. The van der Waals surface area contributed by atoms with Crippen LogP contribution >= 0.6 is 0 Å². The van der Waals surface area contributed by atoms with E-state index in [0.717, 1.165) is 0 Å². The molecule has 1 aromatic rings. The van der Waals surface area contributed by atoms with Gasteiger partial charge in [-0.05, 0) is 0 Å². The molecule has 8 heteroatoms. The van der Waals surface area contributed by atoms with Gasteiger partial charge in [0, 0.05) is 6.20 Å². The summed E-state index contributed by atoms with van der Waals surface area (Å²) < 4.78 is 73.0. The van der Waals surface area contributed by atoms with Crippen LogP contribution in [0.25, 0.3) is 0 Å². The molecule has 0 saturated heterocycles. The Kier molecular flexibility index (Phi) is 2.78. The number of hydrogen-bond acceptors (Lipinski definition) is 1. The lowest BCUT2D eigenvalue weighted by atomic mass is 10.2. The Morgan fingerprint density at radius 3 is 2.20 bits per heavy atom. The molecule has 0 spiro atoms. The van der Waals surface area contributed by atoms with Gasteiger partial charge in [0.1, 0.15) is 5.69 Å². The predicted molar refractivity (Wildman–Crippen MR) is 37.0 cm³/mol. The first-order chi connectivity index (χ1) is 6.75. The van der Waals surface area contributed by atoms with E-state index in [1.807, 2.05) is 0 Å². The zero-order chi connectivity index (χ0) is 11.8. The van der Waals surface area contributed by atoms with Crippen LogP contribution in [0.5, 0.6) is 0 Å². The summed E-state index contributed by atoms with van der Waals surface area (Å²) in [7, 11) is 0. The Morgan fingerprint density at radius 2 is 1.80 bits per heavy atom. The first-order valence-corrected chi connectivity index (χ1v) is 3.51. The highest BCUT2D eigenvalue weighted by atomic mass is 19.4. The largest absolute Gasteiger partial charge is 0.431 e. The summed E-state index contributed by atoms with van der Waals surface area (Å²) in [6.07, 6.45) is -8.75. The van der Waals surface area contributed by atoms with Gasteiger partial charge < -0.3 is 4.98 Å². The molecule has 1 aromatic heterocycles. The van der Waals surface area contributed by atoms with Gasteiger partial charge in [0.25, 0.3) is 6.43 Å². The maximum Gasteiger partial charge on any atom is 0.431 e. The molecule has 0 radical (unpaired) electrons. The molecule has 84 valence electrons. The maximum atomic E-state index is 12.5. The second-order valence-corrected chi connectivity index (χ2v) is 2.55. The molecule has 1 N–H and O–H groups in total. The second kappa shape index (κ2) is 3.59. The van der Waals surface area contributed by atoms with Crippen molar-refractivity contribution in [2.45, 2.75) is 12.6 Å². The standard InChI is InChI=1S/C7H3F6NO/c8-2-1-14-5(7(11,12)13)3(4(2)15)6(9)10/h1,6H,(H,14,15). The molecule has 0 aliphatic rings. The third-order valence-corrected chi connectivity index (χ3v) is 1.58. The second-order valence-electron chi connectivity index (χ2n) is 2.55. The lowest BCUT2D eigenvalue weighted by Gasteiger charge is -2.10. The lowest BCUT2D eigenvalue weighted by molar-refractivity contribution is -0.143. The first kappa shape index (κ1) is 11.6.